The van der Waals surface area contributed by atoms with Crippen LogP contribution in [0.5, 0.6) is 0 Å². The summed E-state index contributed by atoms with van der Waals surface area (Å²) < 4.78 is 45.2. The van der Waals surface area contributed by atoms with E-state index in [0.29, 0.717) is 5.82 Å². The fourth-order valence-electron chi connectivity index (χ4n) is 1.98. The Hall–Kier alpha value is -1.19. The van der Waals surface area contributed by atoms with Gasteiger partial charge in [0, 0.05) is 26.2 Å². The van der Waals surface area contributed by atoms with Crippen LogP contribution in [0.15, 0.2) is 4.52 Å². The van der Waals surface area contributed by atoms with Crippen LogP contribution in [0, 0.1) is 0 Å². The number of piperazine rings is 1. The van der Waals surface area contributed by atoms with Crippen molar-refractivity contribution in [1.29, 1.82) is 0 Å². The molecule has 1 atom stereocenters. The highest BCUT2D eigenvalue weighted by Gasteiger charge is 2.28. The van der Waals surface area contributed by atoms with Gasteiger partial charge in [-0.05, 0) is 6.92 Å². The van der Waals surface area contributed by atoms with Crippen LogP contribution >= 0.6 is 0 Å². The summed E-state index contributed by atoms with van der Waals surface area (Å²) in [6.07, 6.45) is -4.35. The molecule has 0 spiro atoms. The van der Waals surface area contributed by atoms with Crippen molar-refractivity contribution in [2.75, 3.05) is 32.8 Å². The Labute approximate surface area is 114 Å². The van der Waals surface area contributed by atoms with Crippen LogP contribution in [-0.2, 0) is 11.3 Å². The van der Waals surface area contributed by atoms with Crippen LogP contribution in [0.2, 0.25) is 0 Å². The van der Waals surface area contributed by atoms with Crippen molar-refractivity contribution < 1.29 is 22.4 Å². The van der Waals surface area contributed by atoms with Crippen molar-refractivity contribution in [2.45, 2.75) is 25.7 Å². The lowest BCUT2D eigenvalue weighted by atomic mass is 10.2. The predicted octanol–water partition coefficient (Wildman–Crippen LogP) is 1.11. The van der Waals surface area contributed by atoms with E-state index in [-0.39, 0.29) is 18.5 Å². The number of aromatic nitrogens is 2. The Morgan fingerprint density at radius 1 is 1.40 bits per heavy atom. The molecule has 1 aromatic heterocycles. The number of alkyl halides is 3. The standard InChI is InChI=1S/C11H17F3N4O2/c1-8(18-4-2-15-3-5-18)10-16-9(20-17-10)6-19-7-11(12,13)14/h8,15H,2-7H2,1H3. The lowest BCUT2D eigenvalue weighted by Crippen LogP contribution is -2.44. The van der Waals surface area contributed by atoms with Gasteiger partial charge in [0.25, 0.3) is 5.89 Å². The third kappa shape index (κ3) is 4.43. The van der Waals surface area contributed by atoms with Gasteiger partial charge in [-0.1, -0.05) is 5.16 Å². The van der Waals surface area contributed by atoms with Gasteiger partial charge < -0.3 is 14.6 Å². The Bertz CT molecular complexity index is 418. The number of hydrogen-bond acceptors (Lipinski definition) is 6. The van der Waals surface area contributed by atoms with E-state index in [9.17, 15) is 13.2 Å². The largest absolute Gasteiger partial charge is 0.411 e. The maximum atomic E-state index is 11.9. The van der Waals surface area contributed by atoms with Crippen LogP contribution in [0.25, 0.3) is 0 Å². The highest BCUT2D eigenvalue weighted by molar-refractivity contribution is 4.93. The highest BCUT2D eigenvalue weighted by Crippen LogP contribution is 2.18. The van der Waals surface area contributed by atoms with Gasteiger partial charge in [-0.2, -0.15) is 18.2 Å². The summed E-state index contributed by atoms with van der Waals surface area (Å²) in [5, 5.41) is 7.03. The van der Waals surface area contributed by atoms with Gasteiger partial charge in [0.2, 0.25) is 0 Å². The topological polar surface area (TPSA) is 63.4 Å². The molecule has 9 heteroatoms. The first kappa shape index (κ1) is 15.2. The smallest absolute Gasteiger partial charge is 0.362 e. The Kier molecular flexibility index (Phi) is 4.95. The molecule has 0 amide bonds. The summed E-state index contributed by atoms with van der Waals surface area (Å²) in [6.45, 7) is 3.81. The first-order valence-corrected chi connectivity index (χ1v) is 6.37. The molecule has 0 radical (unpaired) electrons. The Morgan fingerprint density at radius 2 is 2.10 bits per heavy atom. The third-order valence-corrected chi connectivity index (χ3v) is 3.05. The molecule has 1 N–H and O–H groups in total. The molecule has 0 bridgehead atoms. The number of hydrogen-bond donors (Lipinski definition) is 1. The van der Waals surface area contributed by atoms with Crippen LogP contribution in [0.1, 0.15) is 24.7 Å². The lowest BCUT2D eigenvalue weighted by Gasteiger charge is -2.30. The van der Waals surface area contributed by atoms with Crippen molar-refractivity contribution in [3.63, 3.8) is 0 Å². The molecule has 1 aliphatic rings. The summed E-state index contributed by atoms with van der Waals surface area (Å²) in [6, 6.07) is -0.0304. The second kappa shape index (κ2) is 6.51. The molecule has 1 aliphatic heterocycles. The van der Waals surface area contributed by atoms with Gasteiger partial charge in [-0.3, -0.25) is 4.90 Å². The second-order valence-corrected chi connectivity index (χ2v) is 4.62. The van der Waals surface area contributed by atoms with Crippen molar-refractivity contribution in [3.8, 4) is 0 Å². The quantitative estimate of drug-likeness (QED) is 0.878. The summed E-state index contributed by atoms with van der Waals surface area (Å²) in [7, 11) is 0. The van der Waals surface area contributed by atoms with E-state index in [1.807, 2.05) is 6.92 Å². The third-order valence-electron chi connectivity index (χ3n) is 3.05. The summed E-state index contributed by atoms with van der Waals surface area (Å²) in [5.41, 5.74) is 0. The van der Waals surface area contributed by atoms with E-state index < -0.39 is 12.8 Å². The maximum Gasteiger partial charge on any atom is 0.411 e. The molecule has 0 aliphatic carbocycles. The molecule has 0 aromatic carbocycles. The SMILES string of the molecule is CC(c1noc(COCC(F)(F)F)n1)N1CCNCC1. The minimum atomic E-state index is -4.35. The summed E-state index contributed by atoms with van der Waals surface area (Å²) in [4.78, 5) is 6.25. The van der Waals surface area contributed by atoms with Crippen molar-refractivity contribution in [2.24, 2.45) is 0 Å². The molecule has 1 saturated heterocycles. The van der Waals surface area contributed by atoms with Crippen LogP contribution in [-0.4, -0.2) is 54.0 Å². The number of rotatable bonds is 5. The first-order valence-electron chi connectivity index (χ1n) is 6.37. The fraction of sp³-hybridized carbons (Fsp3) is 0.818. The first-order chi connectivity index (χ1) is 9.46. The minimum Gasteiger partial charge on any atom is -0.362 e. The van der Waals surface area contributed by atoms with E-state index in [1.54, 1.807) is 0 Å². The highest BCUT2D eigenvalue weighted by atomic mass is 19.4. The fourth-order valence-corrected chi connectivity index (χ4v) is 1.98. The average molecular weight is 294 g/mol. The van der Waals surface area contributed by atoms with Gasteiger partial charge in [0.15, 0.2) is 5.82 Å². The lowest BCUT2D eigenvalue weighted by molar-refractivity contribution is -0.178. The number of nitrogens with zero attached hydrogens (tertiary/aromatic N) is 3. The van der Waals surface area contributed by atoms with Gasteiger partial charge in [-0.25, -0.2) is 0 Å². The van der Waals surface area contributed by atoms with E-state index in [4.69, 9.17) is 4.52 Å². The molecule has 1 unspecified atom stereocenters. The molecule has 1 aromatic rings. The molecule has 6 nitrogen and oxygen atoms in total. The normalized spacial score (nSPS) is 19.2. The van der Waals surface area contributed by atoms with E-state index in [0.717, 1.165) is 26.2 Å². The average Bonchev–Trinajstić information content (AvgIpc) is 2.86. The Balaban J connectivity index is 1.84. The summed E-state index contributed by atoms with van der Waals surface area (Å²) >= 11 is 0. The number of ether oxygens (including phenoxy) is 1. The van der Waals surface area contributed by atoms with Crippen molar-refractivity contribution >= 4 is 0 Å². The number of nitrogens with one attached hydrogen (secondary N) is 1. The monoisotopic (exact) mass is 294 g/mol. The van der Waals surface area contributed by atoms with Crippen molar-refractivity contribution in [1.82, 2.24) is 20.4 Å². The minimum absolute atomic E-state index is 0.0304. The van der Waals surface area contributed by atoms with E-state index >= 15 is 0 Å². The summed E-state index contributed by atoms with van der Waals surface area (Å²) in [5.74, 6) is 0.531. The van der Waals surface area contributed by atoms with Crippen molar-refractivity contribution in [3.05, 3.63) is 11.7 Å². The van der Waals surface area contributed by atoms with Crippen LogP contribution in [0.4, 0.5) is 13.2 Å². The zero-order valence-corrected chi connectivity index (χ0v) is 11.1. The van der Waals surface area contributed by atoms with Gasteiger partial charge in [0.05, 0.1) is 6.04 Å². The zero-order chi connectivity index (χ0) is 14.6. The number of halogens is 3. The molecule has 1 fully saturated rings. The van der Waals surface area contributed by atoms with Gasteiger partial charge in [0.1, 0.15) is 13.2 Å². The second-order valence-electron chi connectivity index (χ2n) is 4.62. The Morgan fingerprint density at radius 3 is 2.75 bits per heavy atom. The molecule has 114 valence electrons. The molecule has 0 saturated carbocycles. The molecular weight excluding hydrogens is 277 g/mol. The van der Waals surface area contributed by atoms with Crippen LogP contribution in [0.3, 0.4) is 0 Å². The molecule has 2 heterocycles. The predicted molar refractivity (Wildman–Crippen MR) is 62.9 cm³/mol. The van der Waals surface area contributed by atoms with Crippen LogP contribution < -0.4 is 5.32 Å². The van der Waals surface area contributed by atoms with Gasteiger partial charge in [-0.15, -0.1) is 0 Å². The molecular formula is C11H17F3N4O2. The van der Waals surface area contributed by atoms with Gasteiger partial charge >= 0.3 is 6.18 Å². The van der Waals surface area contributed by atoms with E-state index in [2.05, 4.69) is 25.1 Å². The van der Waals surface area contributed by atoms with E-state index in [1.165, 1.54) is 0 Å². The molecule has 20 heavy (non-hydrogen) atoms. The molecule has 2 rings (SSSR count). The maximum absolute atomic E-state index is 11.9. The zero-order valence-electron chi connectivity index (χ0n) is 11.1.